The van der Waals surface area contributed by atoms with Crippen molar-refractivity contribution in [2.45, 2.75) is 12.5 Å². The van der Waals surface area contributed by atoms with E-state index in [2.05, 4.69) is 16.9 Å². The summed E-state index contributed by atoms with van der Waals surface area (Å²) in [6.45, 7) is 3.84. The second-order valence-electron chi connectivity index (χ2n) is 4.69. The summed E-state index contributed by atoms with van der Waals surface area (Å²) in [5.41, 5.74) is 9.80. The van der Waals surface area contributed by atoms with Gasteiger partial charge in [0.15, 0.2) is 0 Å². The van der Waals surface area contributed by atoms with E-state index in [0.717, 1.165) is 28.7 Å². The lowest BCUT2D eigenvalue weighted by molar-refractivity contribution is 0.528. The number of para-hydroxylation sites is 2. The third-order valence-corrected chi connectivity index (χ3v) is 3.42. The van der Waals surface area contributed by atoms with Gasteiger partial charge in [-0.25, -0.2) is 4.68 Å². The van der Waals surface area contributed by atoms with Gasteiger partial charge in [0.25, 0.3) is 0 Å². The maximum absolute atomic E-state index is 6.11. The molecule has 4 nitrogen and oxygen atoms in total. The first-order chi connectivity index (χ1) is 9.81. The fourth-order valence-electron chi connectivity index (χ4n) is 2.45. The summed E-state index contributed by atoms with van der Waals surface area (Å²) >= 11 is 0. The molecule has 0 spiro atoms. The summed E-state index contributed by atoms with van der Waals surface area (Å²) < 4.78 is 1.92. The van der Waals surface area contributed by atoms with E-state index in [0.29, 0.717) is 0 Å². The molecule has 3 aromatic rings. The molecule has 1 unspecified atom stereocenters. The zero-order valence-corrected chi connectivity index (χ0v) is 11.1. The minimum atomic E-state index is 0.0149. The SMILES string of the molecule is C=CCC(c1ccccc1N)n1nnc2ccccc21. The third kappa shape index (κ3) is 2.05. The fourth-order valence-corrected chi connectivity index (χ4v) is 2.45. The molecule has 0 amide bonds. The second-order valence-corrected chi connectivity index (χ2v) is 4.69. The monoisotopic (exact) mass is 264 g/mol. The number of fused-ring (bicyclic) bond motifs is 1. The standard InChI is InChI=1S/C16H16N4/c1-2-7-15(12-8-3-4-9-13(12)17)20-16-11-6-5-10-14(16)18-19-20/h2-6,8-11,15H,1,7,17H2. The van der Waals surface area contributed by atoms with Gasteiger partial charge < -0.3 is 5.73 Å². The van der Waals surface area contributed by atoms with Crippen molar-refractivity contribution >= 4 is 16.7 Å². The van der Waals surface area contributed by atoms with Crippen LogP contribution < -0.4 is 5.73 Å². The number of nitrogens with two attached hydrogens (primary N) is 1. The van der Waals surface area contributed by atoms with Crippen molar-refractivity contribution in [1.29, 1.82) is 0 Å². The van der Waals surface area contributed by atoms with E-state index >= 15 is 0 Å². The molecular formula is C16H16N4. The van der Waals surface area contributed by atoms with Gasteiger partial charge in [0, 0.05) is 5.69 Å². The van der Waals surface area contributed by atoms with Crippen LogP contribution in [-0.2, 0) is 0 Å². The van der Waals surface area contributed by atoms with Gasteiger partial charge in [-0.3, -0.25) is 0 Å². The Morgan fingerprint density at radius 2 is 1.90 bits per heavy atom. The van der Waals surface area contributed by atoms with Crippen molar-refractivity contribution < 1.29 is 0 Å². The molecule has 0 aliphatic heterocycles. The van der Waals surface area contributed by atoms with Crippen molar-refractivity contribution in [1.82, 2.24) is 15.0 Å². The summed E-state index contributed by atoms with van der Waals surface area (Å²) in [4.78, 5) is 0. The summed E-state index contributed by atoms with van der Waals surface area (Å²) in [5.74, 6) is 0. The molecule has 1 heterocycles. The predicted molar refractivity (Wildman–Crippen MR) is 81.3 cm³/mol. The van der Waals surface area contributed by atoms with E-state index in [4.69, 9.17) is 5.73 Å². The molecule has 4 heteroatoms. The Bertz CT molecular complexity index is 745. The average molecular weight is 264 g/mol. The van der Waals surface area contributed by atoms with Crippen molar-refractivity contribution in [3.8, 4) is 0 Å². The zero-order chi connectivity index (χ0) is 13.9. The molecule has 0 saturated heterocycles. The first kappa shape index (κ1) is 12.4. The first-order valence-corrected chi connectivity index (χ1v) is 6.56. The number of nitrogen functional groups attached to an aromatic ring is 1. The lowest BCUT2D eigenvalue weighted by atomic mass is 10.0. The second kappa shape index (κ2) is 5.17. The zero-order valence-electron chi connectivity index (χ0n) is 11.1. The summed E-state index contributed by atoms with van der Waals surface area (Å²) in [7, 11) is 0. The highest BCUT2D eigenvalue weighted by Crippen LogP contribution is 2.29. The molecular weight excluding hydrogens is 248 g/mol. The molecule has 2 N–H and O–H groups in total. The Balaban J connectivity index is 2.16. The normalized spacial score (nSPS) is 12.4. The Labute approximate surface area is 117 Å². The molecule has 0 saturated carbocycles. The quantitative estimate of drug-likeness (QED) is 0.581. The molecule has 100 valence electrons. The maximum Gasteiger partial charge on any atom is 0.113 e. The Kier molecular flexibility index (Phi) is 3.21. The minimum absolute atomic E-state index is 0.0149. The van der Waals surface area contributed by atoms with Crippen LogP contribution in [0.25, 0.3) is 11.0 Å². The number of hydrogen-bond donors (Lipinski definition) is 1. The molecule has 0 fully saturated rings. The maximum atomic E-state index is 6.11. The highest BCUT2D eigenvalue weighted by Gasteiger charge is 2.18. The van der Waals surface area contributed by atoms with Crippen molar-refractivity contribution in [3.63, 3.8) is 0 Å². The molecule has 0 radical (unpaired) electrons. The van der Waals surface area contributed by atoms with Crippen LogP contribution in [-0.4, -0.2) is 15.0 Å². The number of rotatable bonds is 4. The molecule has 1 aromatic heterocycles. The molecule has 1 atom stereocenters. The van der Waals surface area contributed by atoms with Gasteiger partial charge in [0.1, 0.15) is 5.52 Å². The van der Waals surface area contributed by atoms with Gasteiger partial charge in [0.05, 0.1) is 11.6 Å². The topological polar surface area (TPSA) is 56.7 Å². The third-order valence-electron chi connectivity index (χ3n) is 3.42. The van der Waals surface area contributed by atoms with E-state index in [1.807, 2.05) is 59.3 Å². The van der Waals surface area contributed by atoms with Gasteiger partial charge in [-0.15, -0.1) is 11.7 Å². The smallest absolute Gasteiger partial charge is 0.113 e. The van der Waals surface area contributed by atoms with E-state index < -0.39 is 0 Å². The van der Waals surface area contributed by atoms with Crippen molar-refractivity contribution in [2.75, 3.05) is 5.73 Å². The predicted octanol–water partition coefficient (Wildman–Crippen LogP) is 3.18. The number of nitrogens with zero attached hydrogens (tertiary/aromatic N) is 3. The molecule has 3 rings (SSSR count). The van der Waals surface area contributed by atoms with E-state index in [1.165, 1.54) is 0 Å². The molecule has 0 bridgehead atoms. The Hall–Kier alpha value is -2.62. The lowest BCUT2D eigenvalue weighted by Crippen LogP contribution is -2.13. The van der Waals surface area contributed by atoms with Crippen molar-refractivity contribution in [2.24, 2.45) is 0 Å². The molecule has 2 aromatic carbocycles. The summed E-state index contributed by atoms with van der Waals surface area (Å²) in [5, 5.41) is 8.51. The van der Waals surface area contributed by atoms with Gasteiger partial charge >= 0.3 is 0 Å². The number of aromatic nitrogens is 3. The highest BCUT2D eigenvalue weighted by molar-refractivity contribution is 5.74. The lowest BCUT2D eigenvalue weighted by Gasteiger charge is -2.18. The van der Waals surface area contributed by atoms with Crippen LogP contribution in [0.2, 0.25) is 0 Å². The van der Waals surface area contributed by atoms with Crippen LogP contribution in [0, 0.1) is 0 Å². The van der Waals surface area contributed by atoms with Crippen LogP contribution in [0.4, 0.5) is 5.69 Å². The van der Waals surface area contributed by atoms with Crippen LogP contribution in [0.15, 0.2) is 61.2 Å². The fraction of sp³-hybridized carbons (Fsp3) is 0.125. The largest absolute Gasteiger partial charge is 0.398 e. The Morgan fingerprint density at radius 1 is 1.15 bits per heavy atom. The Morgan fingerprint density at radius 3 is 2.70 bits per heavy atom. The highest BCUT2D eigenvalue weighted by atomic mass is 15.4. The van der Waals surface area contributed by atoms with E-state index in [9.17, 15) is 0 Å². The summed E-state index contributed by atoms with van der Waals surface area (Å²) in [6, 6.07) is 15.8. The number of benzene rings is 2. The van der Waals surface area contributed by atoms with E-state index in [1.54, 1.807) is 0 Å². The van der Waals surface area contributed by atoms with Crippen LogP contribution in [0.1, 0.15) is 18.0 Å². The van der Waals surface area contributed by atoms with Crippen LogP contribution in [0.3, 0.4) is 0 Å². The number of anilines is 1. The van der Waals surface area contributed by atoms with Gasteiger partial charge in [-0.05, 0) is 30.2 Å². The number of allylic oxidation sites excluding steroid dienone is 1. The minimum Gasteiger partial charge on any atom is -0.398 e. The first-order valence-electron chi connectivity index (χ1n) is 6.56. The van der Waals surface area contributed by atoms with Crippen LogP contribution >= 0.6 is 0 Å². The molecule has 0 aliphatic carbocycles. The van der Waals surface area contributed by atoms with E-state index in [-0.39, 0.29) is 6.04 Å². The summed E-state index contributed by atoms with van der Waals surface area (Å²) in [6.07, 6.45) is 2.63. The molecule has 20 heavy (non-hydrogen) atoms. The van der Waals surface area contributed by atoms with Crippen molar-refractivity contribution in [3.05, 3.63) is 66.7 Å². The molecule has 0 aliphatic rings. The van der Waals surface area contributed by atoms with Gasteiger partial charge in [-0.2, -0.15) is 0 Å². The van der Waals surface area contributed by atoms with Gasteiger partial charge in [0.2, 0.25) is 0 Å². The van der Waals surface area contributed by atoms with Crippen LogP contribution in [0.5, 0.6) is 0 Å². The van der Waals surface area contributed by atoms with Gasteiger partial charge in [-0.1, -0.05) is 41.6 Å². The number of hydrogen-bond acceptors (Lipinski definition) is 3. The average Bonchev–Trinajstić information content (AvgIpc) is 2.90.